The predicted octanol–water partition coefficient (Wildman–Crippen LogP) is 2.43. The molecular formula is C11H13NO4. The molecular weight excluding hydrogens is 210 g/mol. The fraction of sp³-hybridized carbons (Fsp3) is 0.364. The number of benzene rings is 1. The van der Waals surface area contributed by atoms with E-state index in [2.05, 4.69) is 0 Å². The molecule has 0 unspecified atom stereocenters. The second-order valence-corrected chi connectivity index (χ2v) is 3.76. The molecule has 0 bridgehead atoms. The van der Waals surface area contributed by atoms with E-state index < -0.39 is 10.7 Å². The lowest BCUT2D eigenvalue weighted by Gasteiger charge is -2.11. The Morgan fingerprint density at radius 2 is 1.69 bits per heavy atom. The van der Waals surface area contributed by atoms with Crippen molar-refractivity contribution in [3.05, 3.63) is 32.4 Å². The van der Waals surface area contributed by atoms with Crippen LogP contribution in [0.3, 0.4) is 0 Å². The fourth-order valence-corrected chi connectivity index (χ4v) is 1.78. The summed E-state index contributed by atoms with van der Waals surface area (Å²) in [6.45, 7) is 5.88. The molecule has 86 valence electrons. The third-order valence-electron chi connectivity index (χ3n) is 2.77. The molecule has 16 heavy (non-hydrogen) atoms. The van der Waals surface area contributed by atoms with E-state index in [1.54, 1.807) is 6.92 Å². The van der Waals surface area contributed by atoms with E-state index in [0.29, 0.717) is 11.1 Å². The first-order valence-electron chi connectivity index (χ1n) is 4.77. The summed E-state index contributed by atoms with van der Waals surface area (Å²) < 4.78 is 0. The van der Waals surface area contributed by atoms with E-state index in [4.69, 9.17) is 0 Å². The van der Waals surface area contributed by atoms with Crippen LogP contribution in [0.15, 0.2) is 0 Å². The van der Waals surface area contributed by atoms with Crippen LogP contribution in [0, 0.1) is 30.9 Å². The van der Waals surface area contributed by atoms with Crippen LogP contribution in [0.2, 0.25) is 0 Å². The molecule has 0 spiro atoms. The Hall–Kier alpha value is -1.91. The van der Waals surface area contributed by atoms with E-state index in [1.165, 1.54) is 20.8 Å². The maximum absolute atomic E-state index is 11.4. The van der Waals surface area contributed by atoms with Gasteiger partial charge in [0.25, 0.3) is 5.69 Å². The number of rotatable bonds is 2. The Labute approximate surface area is 92.9 Å². The number of hydrogen-bond donors (Lipinski definition) is 1. The molecule has 0 atom stereocenters. The first-order valence-corrected chi connectivity index (χ1v) is 4.77. The molecule has 1 rings (SSSR count). The van der Waals surface area contributed by atoms with E-state index in [-0.39, 0.29) is 22.6 Å². The molecule has 0 aliphatic heterocycles. The van der Waals surface area contributed by atoms with E-state index >= 15 is 0 Å². The minimum Gasteiger partial charge on any atom is -0.507 e. The number of nitro groups is 1. The number of phenolic OH excluding ortho intramolecular Hbond substituents is 1. The third-order valence-corrected chi connectivity index (χ3v) is 2.77. The molecule has 5 nitrogen and oxygen atoms in total. The monoisotopic (exact) mass is 223 g/mol. The Morgan fingerprint density at radius 1 is 1.19 bits per heavy atom. The quantitative estimate of drug-likeness (QED) is 0.474. The van der Waals surface area contributed by atoms with E-state index in [0.717, 1.165) is 0 Å². The largest absolute Gasteiger partial charge is 0.507 e. The van der Waals surface area contributed by atoms with Crippen LogP contribution < -0.4 is 0 Å². The Balaban J connectivity index is 3.83. The van der Waals surface area contributed by atoms with Gasteiger partial charge in [-0.3, -0.25) is 14.9 Å². The van der Waals surface area contributed by atoms with Gasteiger partial charge >= 0.3 is 0 Å². The molecule has 0 amide bonds. The van der Waals surface area contributed by atoms with Crippen LogP contribution in [-0.4, -0.2) is 15.8 Å². The number of ketones is 1. The molecule has 0 radical (unpaired) electrons. The van der Waals surface area contributed by atoms with Gasteiger partial charge in [0.2, 0.25) is 0 Å². The molecule has 0 aliphatic carbocycles. The number of nitrogens with zero attached hydrogens (tertiary/aromatic N) is 1. The van der Waals surface area contributed by atoms with Crippen molar-refractivity contribution in [1.82, 2.24) is 0 Å². The smallest absolute Gasteiger partial charge is 0.283 e. The fourth-order valence-electron chi connectivity index (χ4n) is 1.78. The number of carbonyl (C=O) groups is 1. The van der Waals surface area contributed by atoms with Crippen molar-refractivity contribution in [2.24, 2.45) is 0 Å². The molecule has 0 heterocycles. The lowest BCUT2D eigenvalue weighted by molar-refractivity contribution is -0.385. The maximum Gasteiger partial charge on any atom is 0.283 e. The summed E-state index contributed by atoms with van der Waals surface area (Å²) in [5.41, 5.74) is 0.820. The topological polar surface area (TPSA) is 80.4 Å². The van der Waals surface area contributed by atoms with Crippen LogP contribution >= 0.6 is 0 Å². The second-order valence-electron chi connectivity index (χ2n) is 3.76. The lowest BCUT2D eigenvalue weighted by Crippen LogP contribution is -2.07. The van der Waals surface area contributed by atoms with Gasteiger partial charge < -0.3 is 5.11 Å². The van der Waals surface area contributed by atoms with Gasteiger partial charge in [-0.2, -0.15) is 0 Å². The molecule has 0 saturated heterocycles. The molecule has 1 N–H and O–H groups in total. The molecule has 0 aliphatic rings. The van der Waals surface area contributed by atoms with E-state index in [1.807, 2.05) is 0 Å². The standard InChI is InChI=1S/C11H13NO4/c1-5-6(2)11(14)7(3)9(8(4)13)10(5)12(15)16/h14H,1-4H3. The van der Waals surface area contributed by atoms with Crippen molar-refractivity contribution in [3.8, 4) is 5.75 Å². The van der Waals surface area contributed by atoms with Crippen molar-refractivity contribution in [2.45, 2.75) is 27.7 Å². The van der Waals surface area contributed by atoms with Crippen molar-refractivity contribution in [2.75, 3.05) is 0 Å². The third kappa shape index (κ3) is 1.64. The summed E-state index contributed by atoms with van der Waals surface area (Å²) >= 11 is 0. The highest BCUT2D eigenvalue weighted by Gasteiger charge is 2.27. The highest BCUT2D eigenvalue weighted by Crippen LogP contribution is 2.36. The maximum atomic E-state index is 11.4. The molecule has 0 fully saturated rings. The highest BCUT2D eigenvalue weighted by atomic mass is 16.6. The molecule has 0 aromatic heterocycles. The summed E-state index contributed by atoms with van der Waals surface area (Å²) in [6.07, 6.45) is 0. The zero-order valence-electron chi connectivity index (χ0n) is 9.62. The molecule has 1 aromatic rings. The van der Waals surface area contributed by atoms with Crippen LogP contribution in [-0.2, 0) is 0 Å². The minimum atomic E-state index is -0.578. The van der Waals surface area contributed by atoms with Crippen LogP contribution in [0.1, 0.15) is 34.0 Å². The van der Waals surface area contributed by atoms with Crippen LogP contribution in [0.25, 0.3) is 0 Å². The zero-order chi connectivity index (χ0) is 12.6. The number of nitro benzene ring substituents is 1. The van der Waals surface area contributed by atoms with Gasteiger partial charge in [-0.05, 0) is 27.7 Å². The van der Waals surface area contributed by atoms with Crippen LogP contribution in [0.5, 0.6) is 5.75 Å². The number of phenols is 1. The number of carbonyl (C=O) groups excluding carboxylic acids is 1. The number of aromatic hydroxyl groups is 1. The van der Waals surface area contributed by atoms with Gasteiger partial charge in [0, 0.05) is 16.7 Å². The lowest BCUT2D eigenvalue weighted by atomic mass is 9.94. The highest BCUT2D eigenvalue weighted by molar-refractivity contribution is 6.01. The Bertz CT molecular complexity index is 446. The van der Waals surface area contributed by atoms with Crippen molar-refractivity contribution >= 4 is 11.5 Å². The van der Waals surface area contributed by atoms with Crippen molar-refractivity contribution in [3.63, 3.8) is 0 Å². The summed E-state index contributed by atoms with van der Waals surface area (Å²) in [6, 6.07) is 0. The summed E-state index contributed by atoms with van der Waals surface area (Å²) in [5, 5.41) is 20.7. The van der Waals surface area contributed by atoms with Crippen molar-refractivity contribution < 1.29 is 14.8 Å². The van der Waals surface area contributed by atoms with Gasteiger partial charge in [-0.15, -0.1) is 0 Å². The molecule has 5 heteroatoms. The van der Waals surface area contributed by atoms with Gasteiger partial charge in [0.15, 0.2) is 5.78 Å². The molecule has 0 saturated carbocycles. The Kier molecular flexibility index (Phi) is 2.98. The minimum absolute atomic E-state index is 0.00870. The average molecular weight is 223 g/mol. The first-order chi connectivity index (χ1) is 7.29. The van der Waals surface area contributed by atoms with Gasteiger partial charge in [0.05, 0.1) is 4.92 Å². The summed E-state index contributed by atoms with van der Waals surface area (Å²) in [4.78, 5) is 21.7. The average Bonchev–Trinajstić information content (AvgIpc) is 2.18. The van der Waals surface area contributed by atoms with Crippen LogP contribution in [0.4, 0.5) is 5.69 Å². The zero-order valence-corrected chi connectivity index (χ0v) is 9.62. The second kappa shape index (κ2) is 3.92. The van der Waals surface area contributed by atoms with Gasteiger partial charge in [0.1, 0.15) is 11.3 Å². The predicted molar refractivity (Wildman–Crippen MR) is 59.0 cm³/mol. The Morgan fingerprint density at radius 3 is 2.06 bits per heavy atom. The summed E-state index contributed by atoms with van der Waals surface area (Å²) in [5.74, 6) is -0.462. The van der Waals surface area contributed by atoms with E-state index in [9.17, 15) is 20.0 Å². The number of hydrogen-bond acceptors (Lipinski definition) is 4. The number of Topliss-reactive ketones (excluding diaryl/α,β-unsaturated/α-hetero) is 1. The normalized spacial score (nSPS) is 10.2. The van der Waals surface area contributed by atoms with Gasteiger partial charge in [-0.25, -0.2) is 0 Å². The summed E-state index contributed by atoms with van der Waals surface area (Å²) in [7, 11) is 0. The SMILES string of the molecule is CC(=O)c1c(C)c(O)c(C)c(C)c1[N+](=O)[O-]. The molecule has 1 aromatic carbocycles. The van der Waals surface area contributed by atoms with Crippen molar-refractivity contribution in [1.29, 1.82) is 0 Å². The van der Waals surface area contributed by atoms with Gasteiger partial charge in [-0.1, -0.05) is 0 Å². The first kappa shape index (κ1) is 12.2.